The Morgan fingerprint density at radius 1 is 1.28 bits per heavy atom. The van der Waals surface area contributed by atoms with Crippen LogP contribution in [0.15, 0.2) is 39.9 Å². The lowest BCUT2D eigenvalue weighted by Gasteiger charge is -2.31. The average molecular weight is 459 g/mol. The number of nitrogens with zero attached hydrogens (tertiary/aromatic N) is 3. The third-order valence-electron chi connectivity index (χ3n) is 6.33. The second-order valence-corrected chi connectivity index (χ2v) is 10.3. The zero-order valence-electron chi connectivity index (χ0n) is 18.8. The number of amides is 1. The summed E-state index contributed by atoms with van der Waals surface area (Å²) >= 11 is 0. The van der Waals surface area contributed by atoms with E-state index < -0.39 is 10.0 Å². The predicted molar refractivity (Wildman–Crippen MR) is 122 cm³/mol. The minimum absolute atomic E-state index is 0.105. The van der Waals surface area contributed by atoms with E-state index >= 15 is 0 Å². The van der Waals surface area contributed by atoms with Gasteiger partial charge in [-0.1, -0.05) is 5.16 Å². The molecule has 3 aromatic rings. The van der Waals surface area contributed by atoms with Gasteiger partial charge < -0.3 is 14.4 Å². The van der Waals surface area contributed by atoms with Crippen molar-refractivity contribution in [1.82, 2.24) is 19.3 Å². The lowest BCUT2D eigenvalue weighted by Crippen LogP contribution is -2.45. The smallest absolute Gasteiger partial charge is 0.243 e. The van der Waals surface area contributed by atoms with Crippen LogP contribution in [0.4, 0.5) is 0 Å². The highest BCUT2D eigenvalue weighted by molar-refractivity contribution is 7.89. The molecule has 1 amide bonds. The number of fused-ring (bicyclic) bond motifs is 1. The molecule has 0 saturated carbocycles. The first-order valence-corrected chi connectivity index (χ1v) is 12.5. The number of nitrogens with one attached hydrogen (secondary N) is 1. The molecule has 1 aliphatic heterocycles. The van der Waals surface area contributed by atoms with Crippen LogP contribution in [0.5, 0.6) is 0 Å². The van der Waals surface area contributed by atoms with Crippen LogP contribution in [-0.4, -0.2) is 48.0 Å². The van der Waals surface area contributed by atoms with Gasteiger partial charge in [0, 0.05) is 48.8 Å². The summed E-state index contributed by atoms with van der Waals surface area (Å²) < 4.78 is 35.3. The summed E-state index contributed by atoms with van der Waals surface area (Å²) in [6, 6.07) is 7.18. The van der Waals surface area contributed by atoms with Crippen molar-refractivity contribution in [3.8, 4) is 0 Å². The quantitative estimate of drug-likeness (QED) is 0.587. The highest BCUT2D eigenvalue weighted by Crippen LogP contribution is 2.27. The van der Waals surface area contributed by atoms with Crippen molar-refractivity contribution in [2.45, 2.75) is 51.5 Å². The molecule has 32 heavy (non-hydrogen) atoms. The summed E-state index contributed by atoms with van der Waals surface area (Å²) in [6.45, 7) is 7.72. The van der Waals surface area contributed by atoms with Gasteiger partial charge in [-0.25, -0.2) is 8.42 Å². The van der Waals surface area contributed by atoms with Crippen molar-refractivity contribution in [3.05, 3.63) is 47.5 Å². The number of rotatable bonds is 7. The molecular formula is C23H30N4O4S. The van der Waals surface area contributed by atoms with Crippen LogP contribution in [0.2, 0.25) is 0 Å². The average Bonchev–Trinajstić information content (AvgIpc) is 3.36. The van der Waals surface area contributed by atoms with Gasteiger partial charge in [-0.05, 0) is 64.3 Å². The molecule has 3 heterocycles. The Hall–Kier alpha value is -2.65. The van der Waals surface area contributed by atoms with Crippen LogP contribution in [0.3, 0.4) is 0 Å². The molecule has 172 valence electrons. The van der Waals surface area contributed by atoms with E-state index in [0.717, 1.165) is 34.5 Å². The maximum Gasteiger partial charge on any atom is 0.243 e. The molecule has 2 aromatic heterocycles. The molecular weight excluding hydrogens is 428 g/mol. The topological polar surface area (TPSA) is 97.4 Å². The number of aryl methyl sites for hydroxylation is 3. The number of sulfonamides is 1. The van der Waals surface area contributed by atoms with Crippen LogP contribution in [0.1, 0.15) is 36.8 Å². The summed E-state index contributed by atoms with van der Waals surface area (Å²) in [4.78, 5) is 13.0. The number of carbonyl (C=O) groups is 1. The third kappa shape index (κ3) is 4.31. The SMILES string of the molecule is CCn1ccc2cc(S(=O)(=O)N3CCCC(C(=O)NCCc4c(C)noc4C)C3)ccc21. The molecule has 1 fully saturated rings. The first-order valence-electron chi connectivity index (χ1n) is 11.1. The molecule has 1 aliphatic rings. The molecule has 1 aromatic carbocycles. The first-order chi connectivity index (χ1) is 15.3. The van der Waals surface area contributed by atoms with E-state index in [9.17, 15) is 13.2 Å². The molecule has 0 aliphatic carbocycles. The van der Waals surface area contributed by atoms with E-state index in [4.69, 9.17) is 4.52 Å². The van der Waals surface area contributed by atoms with Gasteiger partial charge >= 0.3 is 0 Å². The van der Waals surface area contributed by atoms with E-state index in [1.807, 2.05) is 32.2 Å². The van der Waals surface area contributed by atoms with Crippen molar-refractivity contribution in [2.24, 2.45) is 5.92 Å². The number of hydrogen-bond acceptors (Lipinski definition) is 5. The first kappa shape index (κ1) is 22.5. The number of benzene rings is 1. The third-order valence-corrected chi connectivity index (χ3v) is 8.19. The Kier molecular flexibility index (Phi) is 6.39. The highest BCUT2D eigenvalue weighted by atomic mass is 32.2. The highest BCUT2D eigenvalue weighted by Gasteiger charge is 2.33. The van der Waals surface area contributed by atoms with Gasteiger partial charge in [0.25, 0.3) is 0 Å². The minimum atomic E-state index is -3.66. The van der Waals surface area contributed by atoms with Gasteiger partial charge in [0.2, 0.25) is 15.9 Å². The van der Waals surface area contributed by atoms with Crippen molar-refractivity contribution >= 4 is 26.8 Å². The summed E-state index contributed by atoms with van der Waals surface area (Å²) in [5, 5.41) is 7.79. The predicted octanol–water partition coefficient (Wildman–Crippen LogP) is 3.03. The zero-order chi connectivity index (χ0) is 22.9. The van der Waals surface area contributed by atoms with E-state index in [1.54, 1.807) is 12.1 Å². The van der Waals surface area contributed by atoms with E-state index in [2.05, 4.69) is 22.0 Å². The molecule has 1 N–H and O–H groups in total. The molecule has 4 rings (SSSR count). The van der Waals surface area contributed by atoms with Crippen molar-refractivity contribution in [3.63, 3.8) is 0 Å². The molecule has 9 heteroatoms. The normalized spacial score (nSPS) is 17.7. The fourth-order valence-corrected chi connectivity index (χ4v) is 6.01. The summed E-state index contributed by atoms with van der Waals surface area (Å²) in [5.74, 6) is 0.304. The lowest BCUT2D eigenvalue weighted by molar-refractivity contribution is -0.126. The van der Waals surface area contributed by atoms with Crippen LogP contribution >= 0.6 is 0 Å². The summed E-state index contributed by atoms with van der Waals surface area (Å²) in [7, 11) is -3.66. The Balaban J connectivity index is 1.41. The Morgan fingerprint density at radius 3 is 2.81 bits per heavy atom. The van der Waals surface area contributed by atoms with Gasteiger partial charge in [0.05, 0.1) is 16.5 Å². The lowest BCUT2D eigenvalue weighted by atomic mass is 9.98. The Morgan fingerprint density at radius 2 is 2.09 bits per heavy atom. The fraction of sp³-hybridized carbons (Fsp3) is 0.478. The second-order valence-electron chi connectivity index (χ2n) is 8.37. The van der Waals surface area contributed by atoms with E-state index in [-0.39, 0.29) is 23.3 Å². The van der Waals surface area contributed by atoms with Crippen LogP contribution in [-0.2, 0) is 27.8 Å². The molecule has 8 nitrogen and oxygen atoms in total. The Labute approximate surface area is 188 Å². The standard InChI is InChI=1S/C23H30N4O4S/c1-4-26-13-10-18-14-20(7-8-22(18)26)32(29,30)27-12-5-6-19(15-27)23(28)24-11-9-21-16(2)25-31-17(21)3/h7-8,10,13-14,19H,4-6,9,11-12,15H2,1-3H3,(H,24,28). The van der Waals surface area contributed by atoms with Crippen molar-refractivity contribution < 1.29 is 17.7 Å². The molecule has 0 spiro atoms. The number of aromatic nitrogens is 2. The van der Waals surface area contributed by atoms with E-state index in [0.29, 0.717) is 32.4 Å². The maximum absolute atomic E-state index is 13.3. The fourth-order valence-electron chi connectivity index (χ4n) is 4.45. The van der Waals surface area contributed by atoms with Crippen molar-refractivity contribution in [1.29, 1.82) is 0 Å². The molecule has 1 saturated heterocycles. The van der Waals surface area contributed by atoms with Crippen molar-refractivity contribution in [2.75, 3.05) is 19.6 Å². The van der Waals surface area contributed by atoms with Gasteiger partial charge in [-0.3, -0.25) is 4.79 Å². The van der Waals surface area contributed by atoms with Crippen LogP contribution < -0.4 is 5.32 Å². The van der Waals surface area contributed by atoms with Gasteiger partial charge in [-0.15, -0.1) is 0 Å². The summed E-state index contributed by atoms with van der Waals surface area (Å²) in [5.41, 5.74) is 2.85. The van der Waals surface area contributed by atoms with Gasteiger partial charge in [0.15, 0.2) is 0 Å². The minimum Gasteiger partial charge on any atom is -0.361 e. The van der Waals surface area contributed by atoms with Gasteiger partial charge in [-0.2, -0.15) is 4.31 Å². The van der Waals surface area contributed by atoms with E-state index in [1.165, 1.54) is 4.31 Å². The van der Waals surface area contributed by atoms with Crippen LogP contribution in [0, 0.1) is 19.8 Å². The van der Waals surface area contributed by atoms with Crippen LogP contribution in [0.25, 0.3) is 10.9 Å². The number of carbonyl (C=O) groups excluding carboxylic acids is 1. The Bertz CT molecular complexity index is 1210. The monoisotopic (exact) mass is 458 g/mol. The summed E-state index contributed by atoms with van der Waals surface area (Å²) in [6.07, 6.45) is 3.95. The zero-order valence-corrected chi connectivity index (χ0v) is 19.6. The molecule has 1 unspecified atom stereocenters. The second kappa shape index (κ2) is 9.07. The largest absolute Gasteiger partial charge is 0.361 e. The molecule has 0 radical (unpaired) electrons. The maximum atomic E-state index is 13.3. The van der Waals surface area contributed by atoms with Gasteiger partial charge in [0.1, 0.15) is 5.76 Å². The number of piperidine rings is 1. The number of hydrogen-bond donors (Lipinski definition) is 1. The molecule has 0 bridgehead atoms. The molecule has 1 atom stereocenters.